The Bertz CT molecular complexity index is 2440. The Morgan fingerprint density at radius 1 is 0.554 bits per heavy atom. The Balaban J connectivity index is 1.04. The third-order valence-corrected chi connectivity index (χ3v) is 9.75. The van der Waals surface area contributed by atoms with E-state index in [0.29, 0.717) is 22.3 Å². The van der Waals surface area contributed by atoms with Crippen LogP contribution in [0.1, 0.15) is 89.2 Å². The van der Waals surface area contributed by atoms with Crippen molar-refractivity contribution in [2.45, 2.75) is 5.60 Å². The predicted octanol–water partition coefficient (Wildman–Crippen LogP) is 6.15. The van der Waals surface area contributed by atoms with Gasteiger partial charge in [0, 0.05) is 29.8 Å². The molecule has 274 valence electrons. The largest absolute Gasteiger partial charge is 0.441 e. The average Bonchev–Trinajstić information content (AvgIpc) is 3.75. The number of esters is 3. The molecule has 5 aromatic rings. The molecule has 0 radical (unpaired) electrons. The number of imide groups is 2. The van der Waals surface area contributed by atoms with E-state index >= 15 is 0 Å². The van der Waals surface area contributed by atoms with Crippen LogP contribution in [-0.4, -0.2) is 64.4 Å². The topological polar surface area (TPSA) is 154 Å². The van der Waals surface area contributed by atoms with Crippen molar-refractivity contribution in [3.8, 4) is 11.5 Å². The van der Waals surface area contributed by atoms with Crippen LogP contribution in [0, 0.1) is 0 Å². The van der Waals surface area contributed by atoms with Gasteiger partial charge in [0.1, 0.15) is 11.5 Å². The van der Waals surface area contributed by atoms with Crippen LogP contribution in [0.25, 0.3) is 0 Å². The highest BCUT2D eigenvalue weighted by Gasteiger charge is 2.48. The minimum atomic E-state index is -1.44. The lowest BCUT2D eigenvalue weighted by atomic mass is 9.80. The van der Waals surface area contributed by atoms with Crippen LogP contribution in [0.4, 0.5) is 0 Å². The van der Waals surface area contributed by atoms with Gasteiger partial charge in [-0.25, -0.2) is 14.4 Å². The standard InChI is InChI=1S/C44H28N2O10/c1-3-21-45-37(47)31-19-9-25(23-34(31)39(45)49)41(51)54-29-15-11-27(12-16-29)44(36-8-6-5-7-33(36)43(53)56-44)28-13-17-30(18-14-28)55-42(52)26-10-20-32-35(24-26)40(50)46(22-4-2)38(32)48/h3-20,23-24H,1-2,21-22H2. The molecule has 0 fully saturated rings. The van der Waals surface area contributed by atoms with Gasteiger partial charge in [-0.2, -0.15) is 0 Å². The van der Waals surface area contributed by atoms with E-state index in [9.17, 15) is 33.6 Å². The fraction of sp³-hybridized carbons (Fsp3) is 0.0682. The van der Waals surface area contributed by atoms with Crippen LogP contribution in [0.5, 0.6) is 11.5 Å². The van der Waals surface area contributed by atoms with Gasteiger partial charge in [-0.1, -0.05) is 54.6 Å². The predicted molar refractivity (Wildman–Crippen MR) is 199 cm³/mol. The lowest BCUT2D eigenvalue weighted by Gasteiger charge is -2.30. The van der Waals surface area contributed by atoms with Gasteiger partial charge in [-0.3, -0.25) is 29.0 Å². The van der Waals surface area contributed by atoms with Crippen molar-refractivity contribution in [1.82, 2.24) is 9.80 Å². The smallest absolute Gasteiger partial charge is 0.343 e. The number of rotatable bonds is 10. The van der Waals surface area contributed by atoms with Gasteiger partial charge in [0.15, 0.2) is 5.60 Å². The maximum absolute atomic E-state index is 13.3. The van der Waals surface area contributed by atoms with E-state index in [1.54, 1.807) is 72.8 Å². The molecule has 0 saturated heterocycles. The van der Waals surface area contributed by atoms with Crippen LogP contribution in [0.15, 0.2) is 135 Å². The van der Waals surface area contributed by atoms with Gasteiger partial charge in [-0.15, -0.1) is 13.2 Å². The second kappa shape index (κ2) is 13.6. The Hall–Kier alpha value is -7.73. The number of cyclic esters (lactones) is 1. The molecule has 0 aromatic heterocycles. The van der Waals surface area contributed by atoms with E-state index in [2.05, 4.69) is 13.2 Å². The second-order valence-corrected chi connectivity index (χ2v) is 13.0. The van der Waals surface area contributed by atoms with Crippen molar-refractivity contribution in [2.24, 2.45) is 0 Å². The van der Waals surface area contributed by atoms with Crippen LogP contribution >= 0.6 is 0 Å². The Morgan fingerprint density at radius 2 is 0.982 bits per heavy atom. The third kappa shape index (κ3) is 5.59. The molecule has 0 atom stereocenters. The number of fused-ring (bicyclic) bond motifs is 3. The summed E-state index contributed by atoms with van der Waals surface area (Å²) in [6.45, 7) is 7.23. The Morgan fingerprint density at radius 3 is 1.43 bits per heavy atom. The number of carbonyl (C=O) groups excluding carboxylic acids is 7. The molecule has 0 bridgehead atoms. The molecule has 0 spiro atoms. The van der Waals surface area contributed by atoms with Crippen molar-refractivity contribution < 1.29 is 47.8 Å². The zero-order valence-electron chi connectivity index (χ0n) is 29.4. The van der Waals surface area contributed by atoms with Crippen molar-refractivity contribution >= 4 is 41.5 Å². The summed E-state index contributed by atoms with van der Waals surface area (Å²) in [5, 5.41) is 0. The lowest BCUT2D eigenvalue weighted by Crippen LogP contribution is -2.29. The first-order valence-corrected chi connectivity index (χ1v) is 17.3. The number of hydrogen-bond acceptors (Lipinski definition) is 10. The molecule has 0 aliphatic carbocycles. The Labute approximate surface area is 318 Å². The van der Waals surface area contributed by atoms with Crippen LogP contribution in [-0.2, 0) is 10.3 Å². The maximum Gasteiger partial charge on any atom is 0.343 e. The number of amides is 4. The van der Waals surface area contributed by atoms with Gasteiger partial charge in [0.2, 0.25) is 0 Å². The van der Waals surface area contributed by atoms with Crippen LogP contribution in [0.3, 0.4) is 0 Å². The zero-order chi connectivity index (χ0) is 39.3. The molecule has 56 heavy (non-hydrogen) atoms. The molecule has 3 heterocycles. The fourth-order valence-corrected chi connectivity index (χ4v) is 7.09. The first-order chi connectivity index (χ1) is 27.0. The van der Waals surface area contributed by atoms with Crippen molar-refractivity contribution in [1.29, 1.82) is 0 Å². The molecule has 3 aliphatic rings. The molecule has 12 nitrogen and oxygen atoms in total. The lowest BCUT2D eigenvalue weighted by molar-refractivity contribution is 0.0251. The summed E-state index contributed by atoms with van der Waals surface area (Å²) in [5.74, 6) is -3.73. The summed E-state index contributed by atoms with van der Waals surface area (Å²) >= 11 is 0. The molecule has 0 saturated carbocycles. The minimum Gasteiger partial charge on any atom is -0.441 e. The SMILES string of the molecule is C=CCN1C(=O)c2ccc(C(=O)Oc3ccc(C4(c5ccc(OC(=O)c6ccc7c(c6)C(=O)N(CC=C)C7=O)cc5)OC(=O)c5ccccc54)cc3)cc2C1=O. The van der Waals surface area contributed by atoms with E-state index in [1.807, 2.05) is 0 Å². The summed E-state index contributed by atoms with van der Waals surface area (Å²) in [5.41, 5.74) is 1.22. The Kier molecular flexibility index (Phi) is 8.57. The fourth-order valence-electron chi connectivity index (χ4n) is 7.09. The highest BCUT2D eigenvalue weighted by molar-refractivity contribution is 6.23. The molecule has 4 amide bonds. The van der Waals surface area contributed by atoms with Gasteiger partial charge >= 0.3 is 17.9 Å². The number of benzene rings is 5. The van der Waals surface area contributed by atoms with E-state index in [0.717, 1.165) is 9.80 Å². The zero-order valence-corrected chi connectivity index (χ0v) is 29.4. The molecular formula is C44H28N2O10. The summed E-state index contributed by atoms with van der Waals surface area (Å²) in [4.78, 5) is 92.4. The first-order valence-electron chi connectivity index (χ1n) is 17.3. The molecule has 12 heteroatoms. The third-order valence-electron chi connectivity index (χ3n) is 9.75. The number of carbonyl (C=O) groups is 7. The average molecular weight is 745 g/mol. The molecule has 0 N–H and O–H groups in total. The summed E-state index contributed by atoms with van der Waals surface area (Å²) in [7, 11) is 0. The van der Waals surface area contributed by atoms with Crippen LogP contribution < -0.4 is 9.47 Å². The quantitative estimate of drug-likeness (QED) is 0.0704. The second-order valence-electron chi connectivity index (χ2n) is 13.0. The number of hydrogen-bond donors (Lipinski definition) is 0. The number of nitrogens with zero attached hydrogens (tertiary/aromatic N) is 2. The van der Waals surface area contributed by atoms with E-state index in [4.69, 9.17) is 14.2 Å². The monoisotopic (exact) mass is 744 g/mol. The van der Waals surface area contributed by atoms with Gasteiger partial charge in [-0.05, 0) is 66.7 Å². The summed E-state index contributed by atoms with van der Waals surface area (Å²) < 4.78 is 17.4. The van der Waals surface area contributed by atoms with Crippen LogP contribution in [0.2, 0.25) is 0 Å². The van der Waals surface area contributed by atoms with Crippen molar-refractivity contribution in [2.75, 3.05) is 13.1 Å². The number of ether oxygens (including phenoxy) is 3. The molecule has 5 aromatic carbocycles. The maximum atomic E-state index is 13.3. The minimum absolute atomic E-state index is 0.0398. The molecule has 8 rings (SSSR count). The summed E-state index contributed by atoms with van der Waals surface area (Å²) in [6.07, 6.45) is 2.88. The molecular weight excluding hydrogens is 716 g/mol. The van der Waals surface area contributed by atoms with E-state index < -0.39 is 47.1 Å². The van der Waals surface area contributed by atoms with Gasteiger partial charge in [0.25, 0.3) is 23.6 Å². The first kappa shape index (κ1) is 35.3. The van der Waals surface area contributed by atoms with E-state index in [-0.39, 0.29) is 58.0 Å². The molecule has 0 unspecified atom stereocenters. The van der Waals surface area contributed by atoms with Gasteiger partial charge < -0.3 is 14.2 Å². The highest BCUT2D eigenvalue weighted by atomic mass is 16.6. The van der Waals surface area contributed by atoms with E-state index in [1.165, 1.54) is 48.6 Å². The van der Waals surface area contributed by atoms with Crippen molar-refractivity contribution in [3.05, 3.63) is 190 Å². The normalized spacial score (nSPS) is 14.9. The molecule has 3 aliphatic heterocycles. The van der Waals surface area contributed by atoms with Gasteiger partial charge in [0.05, 0.1) is 38.9 Å². The van der Waals surface area contributed by atoms with Crippen molar-refractivity contribution in [3.63, 3.8) is 0 Å². The summed E-state index contributed by atoms with van der Waals surface area (Å²) in [6, 6.07) is 28.0. The highest BCUT2D eigenvalue weighted by Crippen LogP contribution is 2.47.